The topological polar surface area (TPSA) is 170 Å². The van der Waals surface area contributed by atoms with Gasteiger partial charge in [0.2, 0.25) is 5.95 Å². The summed E-state index contributed by atoms with van der Waals surface area (Å²) >= 11 is 1.19. The van der Waals surface area contributed by atoms with E-state index in [0.717, 1.165) is 5.39 Å². The number of nitrogen functional groups attached to an aromatic ring is 3. The van der Waals surface area contributed by atoms with Crippen LogP contribution in [0.1, 0.15) is 0 Å². The molecule has 0 spiro atoms. The number of anilines is 3. The first-order valence-corrected chi connectivity index (χ1v) is 6.23. The van der Waals surface area contributed by atoms with Crippen LogP contribution in [-0.4, -0.2) is 30.1 Å². The van der Waals surface area contributed by atoms with Crippen LogP contribution in [0.3, 0.4) is 0 Å². The van der Waals surface area contributed by atoms with Gasteiger partial charge in [-0.05, 0) is 11.8 Å². The summed E-state index contributed by atoms with van der Waals surface area (Å²) in [5.41, 5.74) is 14.2. The Balaban J connectivity index is 2.07. The highest BCUT2D eigenvalue weighted by atomic mass is 32.2. The molecule has 0 aliphatic heterocycles. The van der Waals surface area contributed by atoms with Gasteiger partial charge < -0.3 is 11.5 Å². The van der Waals surface area contributed by atoms with E-state index in [0.29, 0.717) is 15.8 Å². The Hall–Kier alpha value is -2.66. The molecule has 0 fully saturated rings. The molecule has 3 aromatic rings. The number of nitrogens with one attached hydrogen (secondary N) is 2. The van der Waals surface area contributed by atoms with Gasteiger partial charge in [0.15, 0.2) is 10.8 Å². The number of hydrazine groups is 1. The summed E-state index contributed by atoms with van der Waals surface area (Å²) in [5.74, 6) is 6.15. The first-order chi connectivity index (χ1) is 9.65. The van der Waals surface area contributed by atoms with E-state index >= 15 is 0 Å². The molecule has 3 aromatic heterocycles. The monoisotopic (exact) mass is 290 g/mol. The summed E-state index contributed by atoms with van der Waals surface area (Å²) in [5, 5.41) is 8.34. The van der Waals surface area contributed by atoms with E-state index in [4.69, 9.17) is 17.3 Å². The summed E-state index contributed by atoms with van der Waals surface area (Å²) in [6, 6.07) is 1.48. The molecular formula is C9H10N10S. The van der Waals surface area contributed by atoms with Crippen molar-refractivity contribution in [2.75, 3.05) is 16.9 Å². The number of nitrogens with zero attached hydrogens (tertiary/aromatic N) is 5. The molecule has 8 N–H and O–H groups in total. The molecule has 0 atom stereocenters. The lowest BCUT2D eigenvalue weighted by Crippen LogP contribution is -2.11. The summed E-state index contributed by atoms with van der Waals surface area (Å²) in [4.78, 5) is 16.5. The third-order valence-electron chi connectivity index (χ3n) is 2.34. The van der Waals surface area contributed by atoms with Gasteiger partial charge in [0.05, 0.1) is 11.6 Å². The van der Waals surface area contributed by atoms with Crippen molar-refractivity contribution in [1.82, 2.24) is 30.1 Å². The van der Waals surface area contributed by atoms with Gasteiger partial charge >= 0.3 is 0 Å². The molecule has 0 aliphatic carbocycles. The van der Waals surface area contributed by atoms with Crippen LogP contribution in [0.4, 0.5) is 17.6 Å². The van der Waals surface area contributed by atoms with Gasteiger partial charge in [-0.25, -0.2) is 20.8 Å². The van der Waals surface area contributed by atoms with Crippen LogP contribution in [0.2, 0.25) is 0 Å². The van der Waals surface area contributed by atoms with Crippen LogP contribution >= 0.6 is 11.8 Å². The van der Waals surface area contributed by atoms with Crippen molar-refractivity contribution >= 4 is 40.4 Å². The number of aromatic amines is 1. The molecule has 3 heterocycles. The fraction of sp³-hybridized carbons (Fsp3) is 0. The highest BCUT2D eigenvalue weighted by molar-refractivity contribution is 7.99. The third-order valence-corrected chi connectivity index (χ3v) is 3.21. The first kappa shape index (κ1) is 12.4. The Morgan fingerprint density at radius 1 is 1.10 bits per heavy atom. The summed E-state index contributed by atoms with van der Waals surface area (Å²) < 4.78 is 0. The van der Waals surface area contributed by atoms with Crippen LogP contribution in [-0.2, 0) is 0 Å². The smallest absolute Gasteiger partial charge is 0.240 e. The lowest BCUT2D eigenvalue weighted by atomic mass is 10.4. The molecule has 0 saturated carbocycles. The van der Waals surface area contributed by atoms with Crippen molar-refractivity contribution in [2.24, 2.45) is 5.84 Å². The van der Waals surface area contributed by atoms with Crippen molar-refractivity contribution in [1.29, 1.82) is 0 Å². The Labute approximate surface area is 116 Å². The predicted molar refractivity (Wildman–Crippen MR) is 74.5 cm³/mol. The zero-order valence-electron chi connectivity index (χ0n) is 10.0. The van der Waals surface area contributed by atoms with Crippen LogP contribution in [0, 0.1) is 0 Å². The lowest BCUT2D eigenvalue weighted by molar-refractivity contribution is 0.976. The second kappa shape index (κ2) is 4.79. The average molecular weight is 290 g/mol. The Morgan fingerprint density at radius 2 is 1.85 bits per heavy atom. The number of fused-ring (bicyclic) bond motifs is 1. The van der Waals surface area contributed by atoms with Crippen LogP contribution in [0.25, 0.3) is 11.0 Å². The molecule has 10 nitrogen and oxygen atoms in total. The van der Waals surface area contributed by atoms with E-state index in [1.807, 2.05) is 0 Å². The molecule has 0 aliphatic rings. The molecule has 3 rings (SSSR count). The van der Waals surface area contributed by atoms with Crippen molar-refractivity contribution in [2.45, 2.75) is 10.2 Å². The molecule has 0 aromatic carbocycles. The van der Waals surface area contributed by atoms with E-state index in [9.17, 15) is 0 Å². The lowest BCUT2D eigenvalue weighted by Gasteiger charge is -2.04. The van der Waals surface area contributed by atoms with Crippen LogP contribution < -0.4 is 22.7 Å². The maximum absolute atomic E-state index is 5.63. The highest BCUT2D eigenvalue weighted by Crippen LogP contribution is 2.30. The number of hydrogen-bond donors (Lipinski definition) is 5. The van der Waals surface area contributed by atoms with E-state index in [-0.39, 0.29) is 17.6 Å². The van der Waals surface area contributed by atoms with Gasteiger partial charge in [-0.3, -0.25) is 10.5 Å². The number of hydrogen-bond acceptors (Lipinski definition) is 10. The minimum atomic E-state index is 0.251. The van der Waals surface area contributed by atoms with Gasteiger partial charge in [0.25, 0.3) is 0 Å². The molecule has 0 unspecified atom stereocenters. The largest absolute Gasteiger partial charge is 0.383 e. The van der Waals surface area contributed by atoms with E-state index in [1.165, 1.54) is 17.8 Å². The predicted octanol–water partition coefficient (Wildman–Crippen LogP) is -0.256. The fourth-order valence-electron chi connectivity index (χ4n) is 1.54. The molecule has 0 radical (unpaired) electrons. The Morgan fingerprint density at radius 3 is 2.55 bits per heavy atom. The zero-order valence-corrected chi connectivity index (χ0v) is 10.8. The SMILES string of the molecule is NNc1nc(Sc2nc(N)cc(N)n2)c2cn[nH]c2n1. The average Bonchev–Trinajstić information content (AvgIpc) is 2.85. The molecular weight excluding hydrogens is 280 g/mol. The number of aromatic nitrogens is 6. The van der Waals surface area contributed by atoms with Gasteiger partial charge in [0.1, 0.15) is 16.7 Å². The standard InChI is InChI=1S/C9H10N10S/c10-4-1-5(11)15-9(14-4)20-7-3-2-13-19-6(3)16-8(17-7)18-12/h1-2H,12H2,(H4,10,11,14,15)(H2,13,16,17,18,19). The van der Waals surface area contributed by atoms with Gasteiger partial charge in [-0.2, -0.15) is 10.1 Å². The molecule has 0 amide bonds. The van der Waals surface area contributed by atoms with Crippen molar-refractivity contribution in [3.05, 3.63) is 12.3 Å². The van der Waals surface area contributed by atoms with Gasteiger partial charge in [0, 0.05) is 6.07 Å². The molecule has 20 heavy (non-hydrogen) atoms. The fourth-order valence-corrected chi connectivity index (χ4v) is 2.41. The minimum Gasteiger partial charge on any atom is -0.383 e. The maximum atomic E-state index is 5.63. The van der Waals surface area contributed by atoms with Crippen molar-refractivity contribution in [3.63, 3.8) is 0 Å². The second-order valence-electron chi connectivity index (χ2n) is 3.73. The number of nitrogens with two attached hydrogens (primary N) is 3. The number of H-pyrrole nitrogens is 1. The quantitative estimate of drug-likeness (QED) is 0.187. The highest BCUT2D eigenvalue weighted by Gasteiger charge is 2.12. The maximum Gasteiger partial charge on any atom is 0.240 e. The second-order valence-corrected chi connectivity index (χ2v) is 4.69. The van der Waals surface area contributed by atoms with E-state index < -0.39 is 0 Å². The molecule has 102 valence electrons. The summed E-state index contributed by atoms with van der Waals surface area (Å²) in [6.07, 6.45) is 1.60. The third kappa shape index (κ3) is 2.26. The molecule has 0 bridgehead atoms. The number of rotatable bonds is 3. The van der Waals surface area contributed by atoms with E-state index in [2.05, 4.69) is 35.6 Å². The molecule has 0 saturated heterocycles. The Bertz CT molecular complexity index is 748. The summed E-state index contributed by atoms with van der Waals surface area (Å²) in [6.45, 7) is 0. The zero-order chi connectivity index (χ0) is 14.1. The van der Waals surface area contributed by atoms with Crippen LogP contribution in [0.15, 0.2) is 22.4 Å². The van der Waals surface area contributed by atoms with Crippen LogP contribution in [0.5, 0.6) is 0 Å². The van der Waals surface area contributed by atoms with Crippen molar-refractivity contribution in [3.8, 4) is 0 Å². The first-order valence-electron chi connectivity index (χ1n) is 5.41. The summed E-state index contributed by atoms with van der Waals surface area (Å²) in [7, 11) is 0. The van der Waals surface area contributed by atoms with Gasteiger partial charge in [-0.15, -0.1) is 0 Å². The van der Waals surface area contributed by atoms with E-state index in [1.54, 1.807) is 6.20 Å². The minimum absolute atomic E-state index is 0.251. The van der Waals surface area contributed by atoms with Crippen molar-refractivity contribution < 1.29 is 0 Å². The Kier molecular flexibility index (Phi) is 2.96. The van der Waals surface area contributed by atoms with Gasteiger partial charge in [-0.1, -0.05) is 0 Å². The normalized spacial score (nSPS) is 10.8. The molecule has 11 heteroatoms.